The third kappa shape index (κ3) is 3.34. The zero-order valence-electron chi connectivity index (χ0n) is 14.1. The molecule has 24 heavy (non-hydrogen) atoms. The molecule has 2 aromatic rings. The van der Waals surface area contributed by atoms with Gasteiger partial charge in [0.2, 0.25) is 5.89 Å². The molecule has 2 atom stereocenters. The number of carbonyl (C=O) groups is 1. The Kier molecular flexibility index (Phi) is 4.96. The molecule has 1 fully saturated rings. The van der Waals surface area contributed by atoms with Crippen molar-refractivity contribution in [3.8, 4) is 11.5 Å². The van der Waals surface area contributed by atoms with E-state index in [1.807, 2.05) is 7.05 Å². The van der Waals surface area contributed by atoms with E-state index in [-0.39, 0.29) is 17.7 Å². The Morgan fingerprint density at radius 3 is 2.50 bits per heavy atom. The van der Waals surface area contributed by atoms with Gasteiger partial charge in [0, 0.05) is 52.4 Å². The predicted molar refractivity (Wildman–Crippen MR) is 85.3 cm³/mol. The normalized spacial score (nSPS) is 20.7. The number of aromatic nitrogens is 3. The van der Waals surface area contributed by atoms with Gasteiger partial charge in [0.1, 0.15) is 6.26 Å². The summed E-state index contributed by atoms with van der Waals surface area (Å²) in [6, 6.07) is 0. The maximum Gasteiger partial charge on any atom is 0.275 e. The quantitative estimate of drug-likeness (QED) is 0.785. The summed E-state index contributed by atoms with van der Waals surface area (Å²) in [7, 11) is 5.16. The highest BCUT2D eigenvalue weighted by molar-refractivity contribution is 5.92. The average Bonchev–Trinajstić information content (AvgIpc) is 3.27. The first kappa shape index (κ1) is 16.7. The highest BCUT2D eigenvalue weighted by Gasteiger charge is 2.36. The van der Waals surface area contributed by atoms with E-state index in [0.29, 0.717) is 37.9 Å². The minimum atomic E-state index is -0.131. The maximum atomic E-state index is 12.7. The van der Waals surface area contributed by atoms with Crippen LogP contribution in [-0.2, 0) is 16.5 Å². The second-order valence-corrected chi connectivity index (χ2v) is 6.08. The lowest BCUT2D eigenvalue weighted by Crippen LogP contribution is -2.29. The van der Waals surface area contributed by atoms with Crippen LogP contribution >= 0.6 is 0 Å². The van der Waals surface area contributed by atoms with E-state index in [1.54, 1.807) is 36.2 Å². The summed E-state index contributed by atoms with van der Waals surface area (Å²) in [6.07, 6.45) is 4.85. The number of hydrogen-bond acceptors (Lipinski definition) is 6. The molecular weight excluding hydrogens is 312 g/mol. The fourth-order valence-electron chi connectivity index (χ4n) is 3.11. The largest absolute Gasteiger partial charge is 0.444 e. The smallest absolute Gasteiger partial charge is 0.275 e. The molecule has 0 bridgehead atoms. The van der Waals surface area contributed by atoms with Gasteiger partial charge in [-0.1, -0.05) is 0 Å². The molecule has 8 nitrogen and oxygen atoms in total. The van der Waals surface area contributed by atoms with Gasteiger partial charge in [-0.15, -0.1) is 0 Å². The van der Waals surface area contributed by atoms with E-state index < -0.39 is 0 Å². The number of hydrogen-bond donors (Lipinski definition) is 0. The van der Waals surface area contributed by atoms with Gasteiger partial charge >= 0.3 is 0 Å². The summed E-state index contributed by atoms with van der Waals surface area (Å²) < 4.78 is 17.6. The molecule has 0 N–H and O–H groups in total. The summed E-state index contributed by atoms with van der Waals surface area (Å²) in [4.78, 5) is 18.8. The van der Waals surface area contributed by atoms with E-state index in [2.05, 4.69) is 10.1 Å². The minimum absolute atomic E-state index is 0.131. The van der Waals surface area contributed by atoms with Crippen molar-refractivity contribution in [2.45, 2.75) is 0 Å². The van der Waals surface area contributed by atoms with Crippen molar-refractivity contribution < 1.29 is 18.7 Å². The molecule has 0 aliphatic carbocycles. The molecule has 1 aliphatic rings. The van der Waals surface area contributed by atoms with E-state index in [4.69, 9.17) is 13.9 Å². The summed E-state index contributed by atoms with van der Waals surface area (Å²) >= 11 is 0. The second kappa shape index (κ2) is 7.14. The first-order valence-corrected chi connectivity index (χ1v) is 7.84. The van der Waals surface area contributed by atoms with Crippen LogP contribution in [0.4, 0.5) is 0 Å². The Bertz CT molecular complexity index is 682. The number of methoxy groups -OCH3 is 2. The third-order valence-corrected chi connectivity index (χ3v) is 4.30. The van der Waals surface area contributed by atoms with Crippen LogP contribution in [0.2, 0.25) is 0 Å². The van der Waals surface area contributed by atoms with Gasteiger partial charge < -0.3 is 18.8 Å². The number of likely N-dealkylation sites (tertiary alicyclic amines) is 1. The minimum Gasteiger partial charge on any atom is -0.444 e. The standard InChI is InChI=1S/C16H22N4O4/c1-19-5-11(4-17-19)15-18-14(10-24-15)16(21)20-6-12(8-22-2)13(7-20)9-23-3/h4-5,10,12-13H,6-9H2,1-3H3/t12-,13-/m0/s1. The predicted octanol–water partition coefficient (Wildman–Crippen LogP) is 1.06. The number of nitrogens with zero attached hydrogens (tertiary/aromatic N) is 4. The first-order chi connectivity index (χ1) is 11.6. The molecule has 2 aromatic heterocycles. The van der Waals surface area contributed by atoms with E-state index in [9.17, 15) is 4.79 Å². The maximum absolute atomic E-state index is 12.7. The molecule has 0 spiro atoms. The monoisotopic (exact) mass is 334 g/mol. The van der Waals surface area contributed by atoms with Crippen molar-refractivity contribution in [1.82, 2.24) is 19.7 Å². The fraction of sp³-hybridized carbons (Fsp3) is 0.562. The van der Waals surface area contributed by atoms with E-state index in [0.717, 1.165) is 5.56 Å². The molecule has 0 unspecified atom stereocenters. The molecule has 1 amide bonds. The van der Waals surface area contributed by atoms with Gasteiger partial charge in [0.15, 0.2) is 5.69 Å². The Balaban J connectivity index is 1.71. The Hall–Kier alpha value is -2.19. The number of ether oxygens (including phenoxy) is 2. The summed E-state index contributed by atoms with van der Waals surface area (Å²) in [5, 5.41) is 4.08. The van der Waals surface area contributed by atoms with Gasteiger partial charge in [-0.3, -0.25) is 9.48 Å². The SMILES string of the molecule is COC[C@@H]1CN(C(=O)c2coc(-c3cnn(C)c3)n2)C[C@H]1COC. The Labute approximate surface area is 140 Å². The van der Waals surface area contributed by atoms with Crippen LogP contribution in [0.1, 0.15) is 10.5 Å². The summed E-state index contributed by atoms with van der Waals surface area (Å²) in [5.41, 5.74) is 1.05. The molecule has 1 aliphatic heterocycles. The van der Waals surface area contributed by atoms with Crippen LogP contribution in [0.25, 0.3) is 11.5 Å². The lowest BCUT2D eigenvalue weighted by Gasteiger charge is -2.15. The van der Waals surface area contributed by atoms with Crippen molar-refractivity contribution in [1.29, 1.82) is 0 Å². The number of rotatable bonds is 6. The molecule has 3 heterocycles. The van der Waals surface area contributed by atoms with Crippen molar-refractivity contribution in [3.63, 3.8) is 0 Å². The molecule has 1 saturated heterocycles. The number of aryl methyl sites for hydroxylation is 1. The van der Waals surface area contributed by atoms with Gasteiger partial charge in [-0.05, 0) is 0 Å². The van der Waals surface area contributed by atoms with Crippen LogP contribution < -0.4 is 0 Å². The molecular formula is C16H22N4O4. The Morgan fingerprint density at radius 2 is 1.96 bits per heavy atom. The molecule has 3 rings (SSSR count). The van der Waals surface area contributed by atoms with Crippen molar-refractivity contribution in [2.75, 3.05) is 40.5 Å². The molecule has 8 heteroatoms. The molecule has 0 aromatic carbocycles. The van der Waals surface area contributed by atoms with Crippen LogP contribution in [0.5, 0.6) is 0 Å². The number of amides is 1. The first-order valence-electron chi connectivity index (χ1n) is 7.84. The molecule has 0 saturated carbocycles. The lowest BCUT2D eigenvalue weighted by molar-refractivity contribution is 0.0768. The highest BCUT2D eigenvalue weighted by atomic mass is 16.5. The van der Waals surface area contributed by atoms with Crippen LogP contribution in [0.15, 0.2) is 23.1 Å². The van der Waals surface area contributed by atoms with Gasteiger partial charge in [0.25, 0.3) is 5.91 Å². The van der Waals surface area contributed by atoms with Gasteiger partial charge in [0.05, 0.1) is 25.0 Å². The highest BCUT2D eigenvalue weighted by Crippen LogP contribution is 2.26. The molecule has 0 radical (unpaired) electrons. The summed E-state index contributed by atoms with van der Waals surface area (Å²) in [6.45, 7) is 2.49. The van der Waals surface area contributed by atoms with E-state index >= 15 is 0 Å². The van der Waals surface area contributed by atoms with Crippen LogP contribution in [0, 0.1) is 11.8 Å². The summed E-state index contributed by atoms with van der Waals surface area (Å²) in [5.74, 6) is 0.799. The van der Waals surface area contributed by atoms with Crippen molar-refractivity contribution in [3.05, 3.63) is 24.4 Å². The average molecular weight is 334 g/mol. The van der Waals surface area contributed by atoms with Gasteiger partial charge in [-0.25, -0.2) is 4.98 Å². The van der Waals surface area contributed by atoms with Gasteiger partial charge in [-0.2, -0.15) is 5.10 Å². The lowest BCUT2D eigenvalue weighted by atomic mass is 9.98. The van der Waals surface area contributed by atoms with Crippen LogP contribution in [-0.4, -0.2) is 66.1 Å². The topological polar surface area (TPSA) is 82.6 Å². The van der Waals surface area contributed by atoms with Crippen molar-refractivity contribution >= 4 is 5.91 Å². The Morgan fingerprint density at radius 1 is 1.29 bits per heavy atom. The molecule has 130 valence electrons. The zero-order chi connectivity index (χ0) is 17.1. The fourth-order valence-corrected chi connectivity index (χ4v) is 3.11. The van der Waals surface area contributed by atoms with Crippen molar-refractivity contribution in [2.24, 2.45) is 18.9 Å². The second-order valence-electron chi connectivity index (χ2n) is 6.08. The third-order valence-electron chi connectivity index (χ3n) is 4.30. The number of oxazole rings is 1. The van der Waals surface area contributed by atoms with Crippen LogP contribution in [0.3, 0.4) is 0 Å². The van der Waals surface area contributed by atoms with E-state index in [1.165, 1.54) is 6.26 Å². The number of carbonyl (C=O) groups excluding carboxylic acids is 1. The zero-order valence-corrected chi connectivity index (χ0v) is 14.1.